The number of hydrogen-bond acceptors (Lipinski definition) is 4. The van der Waals surface area contributed by atoms with Crippen LogP contribution in [0, 0.1) is 0 Å². The number of esters is 1. The van der Waals surface area contributed by atoms with Gasteiger partial charge in [-0.25, -0.2) is 4.79 Å². The third-order valence-corrected chi connectivity index (χ3v) is 1.38. The number of ether oxygens (including phenoxy) is 2. The first-order chi connectivity index (χ1) is 7.20. The van der Waals surface area contributed by atoms with Gasteiger partial charge in [0.25, 0.3) is 0 Å². The number of hydrogen-bond donors (Lipinski definition) is 1. The van der Waals surface area contributed by atoms with Crippen molar-refractivity contribution in [2.45, 2.75) is 45.3 Å². The van der Waals surface area contributed by atoms with Crippen LogP contribution in [0.15, 0.2) is 0 Å². The zero-order chi connectivity index (χ0) is 12.8. The number of alkyl halides is 1. The Balaban J connectivity index is 3.66. The van der Waals surface area contributed by atoms with E-state index in [1.54, 1.807) is 27.7 Å². The van der Waals surface area contributed by atoms with E-state index in [4.69, 9.17) is 16.3 Å². The van der Waals surface area contributed by atoms with Gasteiger partial charge < -0.3 is 14.8 Å². The van der Waals surface area contributed by atoms with Gasteiger partial charge in [0.15, 0.2) is 5.56 Å². The lowest BCUT2D eigenvalue weighted by Crippen LogP contribution is -2.33. The zero-order valence-electron chi connectivity index (χ0n) is 10.0. The average Bonchev–Trinajstić information content (AvgIpc) is 1.98. The standard InChI is InChI=1S/C10H18ClNO4/c1-7(11)15-8(13)5-6-12-9(14)16-10(2,3)4/h7H,5-6H2,1-4H3,(H,12,14). The second-order valence-corrected chi connectivity index (χ2v) is 4.83. The summed E-state index contributed by atoms with van der Waals surface area (Å²) in [6.07, 6.45) is -0.490. The first-order valence-electron chi connectivity index (χ1n) is 5.01. The smallest absolute Gasteiger partial charge is 0.407 e. The summed E-state index contributed by atoms with van der Waals surface area (Å²) < 4.78 is 9.64. The Morgan fingerprint density at radius 1 is 1.38 bits per heavy atom. The quantitative estimate of drug-likeness (QED) is 0.613. The van der Waals surface area contributed by atoms with Crippen LogP contribution in [0.2, 0.25) is 0 Å². The fourth-order valence-electron chi connectivity index (χ4n) is 0.821. The lowest BCUT2D eigenvalue weighted by Gasteiger charge is -2.19. The van der Waals surface area contributed by atoms with Gasteiger partial charge in [-0.15, -0.1) is 0 Å². The molecule has 0 saturated heterocycles. The molecule has 1 atom stereocenters. The number of rotatable bonds is 4. The van der Waals surface area contributed by atoms with Crippen LogP contribution < -0.4 is 5.32 Å². The number of carbonyl (C=O) groups excluding carboxylic acids is 2. The van der Waals surface area contributed by atoms with Crippen molar-refractivity contribution in [1.82, 2.24) is 5.32 Å². The molecule has 0 bridgehead atoms. The van der Waals surface area contributed by atoms with Crippen LogP contribution in [-0.4, -0.2) is 29.8 Å². The van der Waals surface area contributed by atoms with Crippen molar-refractivity contribution in [3.8, 4) is 0 Å². The van der Waals surface area contributed by atoms with Crippen molar-refractivity contribution in [3.05, 3.63) is 0 Å². The molecule has 0 heterocycles. The molecule has 94 valence electrons. The highest BCUT2D eigenvalue weighted by Gasteiger charge is 2.16. The molecular weight excluding hydrogens is 234 g/mol. The molecule has 0 aliphatic heterocycles. The molecule has 0 saturated carbocycles. The summed E-state index contributed by atoms with van der Waals surface area (Å²) in [5.41, 5.74) is -1.20. The van der Waals surface area contributed by atoms with E-state index in [-0.39, 0.29) is 13.0 Å². The number of nitrogens with one attached hydrogen (secondary N) is 1. The Bertz CT molecular complexity index is 248. The molecule has 0 aliphatic rings. The molecule has 0 radical (unpaired) electrons. The van der Waals surface area contributed by atoms with Gasteiger partial charge in [0.2, 0.25) is 0 Å². The molecule has 5 nitrogen and oxygen atoms in total. The van der Waals surface area contributed by atoms with Crippen LogP contribution in [0.5, 0.6) is 0 Å². The van der Waals surface area contributed by atoms with Crippen molar-refractivity contribution in [1.29, 1.82) is 0 Å². The van der Waals surface area contributed by atoms with Crippen LogP contribution >= 0.6 is 11.6 Å². The first kappa shape index (κ1) is 15.0. The fraction of sp³-hybridized carbons (Fsp3) is 0.800. The molecule has 1 amide bonds. The molecule has 0 aromatic heterocycles. The zero-order valence-corrected chi connectivity index (χ0v) is 10.8. The van der Waals surface area contributed by atoms with Crippen LogP contribution in [0.4, 0.5) is 4.79 Å². The normalized spacial score (nSPS) is 12.8. The lowest BCUT2D eigenvalue weighted by molar-refractivity contribution is -0.144. The molecule has 0 spiro atoms. The Labute approximate surface area is 100 Å². The topological polar surface area (TPSA) is 64.6 Å². The average molecular weight is 252 g/mol. The Morgan fingerprint density at radius 3 is 2.38 bits per heavy atom. The minimum atomic E-state index is -0.658. The van der Waals surface area contributed by atoms with Crippen LogP contribution in [0.3, 0.4) is 0 Å². The minimum absolute atomic E-state index is 0.0658. The van der Waals surface area contributed by atoms with E-state index in [0.29, 0.717) is 0 Å². The van der Waals surface area contributed by atoms with E-state index in [9.17, 15) is 9.59 Å². The van der Waals surface area contributed by atoms with Crippen LogP contribution in [0.25, 0.3) is 0 Å². The highest BCUT2D eigenvalue weighted by atomic mass is 35.5. The van der Waals surface area contributed by atoms with Crippen molar-refractivity contribution in [3.63, 3.8) is 0 Å². The van der Waals surface area contributed by atoms with E-state index in [1.165, 1.54) is 0 Å². The number of halogens is 1. The Kier molecular flexibility index (Phi) is 6.18. The van der Waals surface area contributed by atoms with Gasteiger partial charge in [0, 0.05) is 6.54 Å². The van der Waals surface area contributed by atoms with E-state index < -0.39 is 23.2 Å². The van der Waals surface area contributed by atoms with Crippen molar-refractivity contribution < 1.29 is 19.1 Å². The monoisotopic (exact) mass is 251 g/mol. The first-order valence-corrected chi connectivity index (χ1v) is 5.45. The lowest BCUT2D eigenvalue weighted by atomic mass is 10.2. The molecule has 0 aliphatic carbocycles. The van der Waals surface area contributed by atoms with E-state index in [1.807, 2.05) is 0 Å². The van der Waals surface area contributed by atoms with Crippen molar-refractivity contribution in [2.75, 3.05) is 6.54 Å². The van der Waals surface area contributed by atoms with Gasteiger partial charge in [0.05, 0.1) is 6.42 Å². The van der Waals surface area contributed by atoms with E-state index in [0.717, 1.165) is 0 Å². The highest BCUT2D eigenvalue weighted by molar-refractivity contribution is 6.19. The summed E-state index contributed by atoms with van der Waals surface area (Å²) in [5, 5.41) is 2.44. The number of alkyl carbamates (subject to hydrolysis) is 1. The maximum Gasteiger partial charge on any atom is 0.407 e. The van der Waals surface area contributed by atoms with Gasteiger partial charge in [-0.05, 0) is 27.7 Å². The predicted molar refractivity (Wildman–Crippen MR) is 60.3 cm³/mol. The summed E-state index contributed by atoms with van der Waals surface area (Å²) in [6.45, 7) is 6.99. The Morgan fingerprint density at radius 2 is 1.94 bits per heavy atom. The summed E-state index contributed by atoms with van der Waals surface area (Å²) in [7, 11) is 0. The molecule has 1 unspecified atom stereocenters. The molecule has 6 heteroatoms. The fourth-order valence-corrected chi connectivity index (χ4v) is 0.920. The summed E-state index contributed by atoms with van der Waals surface area (Å²) in [5.74, 6) is -0.460. The summed E-state index contributed by atoms with van der Waals surface area (Å²) in [4.78, 5) is 22.2. The Hall–Kier alpha value is -0.970. The molecule has 0 aromatic carbocycles. The maximum atomic E-state index is 11.2. The van der Waals surface area contributed by atoms with Crippen molar-refractivity contribution in [2.24, 2.45) is 0 Å². The third-order valence-electron chi connectivity index (χ3n) is 1.29. The second kappa shape index (κ2) is 6.58. The molecule has 1 N–H and O–H groups in total. The molecule has 0 rings (SSSR count). The van der Waals surface area contributed by atoms with Gasteiger partial charge in [-0.3, -0.25) is 4.79 Å². The minimum Gasteiger partial charge on any atom is -0.446 e. The molecule has 0 aromatic rings. The second-order valence-electron chi connectivity index (χ2n) is 4.21. The van der Waals surface area contributed by atoms with Gasteiger partial charge in [0.1, 0.15) is 5.60 Å². The highest BCUT2D eigenvalue weighted by Crippen LogP contribution is 2.06. The summed E-state index contributed by atoms with van der Waals surface area (Å²) in [6, 6.07) is 0. The van der Waals surface area contributed by atoms with Crippen LogP contribution in [0.1, 0.15) is 34.1 Å². The molecule has 16 heavy (non-hydrogen) atoms. The largest absolute Gasteiger partial charge is 0.446 e. The van der Waals surface area contributed by atoms with E-state index in [2.05, 4.69) is 10.1 Å². The number of amides is 1. The maximum absolute atomic E-state index is 11.2. The van der Waals surface area contributed by atoms with Gasteiger partial charge in [-0.1, -0.05) is 11.6 Å². The summed E-state index contributed by atoms with van der Waals surface area (Å²) >= 11 is 5.45. The van der Waals surface area contributed by atoms with E-state index >= 15 is 0 Å². The van der Waals surface area contributed by atoms with Gasteiger partial charge in [-0.2, -0.15) is 0 Å². The third kappa shape index (κ3) is 9.58. The predicted octanol–water partition coefficient (Wildman–Crippen LogP) is 2.03. The molecular formula is C10H18ClNO4. The SMILES string of the molecule is CC(Cl)OC(=O)CCNC(=O)OC(C)(C)C. The van der Waals surface area contributed by atoms with Crippen molar-refractivity contribution >= 4 is 23.7 Å². The molecule has 0 fully saturated rings. The number of carbonyl (C=O) groups is 2. The van der Waals surface area contributed by atoms with Gasteiger partial charge >= 0.3 is 12.1 Å². The van der Waals surface area contributed by atoms with Crippen LogP contribution in [-0.2, 0) is 14.3 Å².